The fourth-order valence-corrected chi connectivity index (χ4v) is 4.28. The molecular weight excluding hydrogens is 484 g/mol. The van der Waals surface area contributed by atoms with E-state index >= 15 is 0 Å². The third kappa shape index (κ3) is 6.62. The van der Waals surface area contributed by atoms with E-state index in [0.29, 0.717) is 16.8 Å². The predicted molar refractivity (Wildman–Crippen MR) is 146 cm³/mol. The summed E-state index contributed by atoms with van der Waals surface area (Å²) in [6, 6.07) is 24.4. The van der Waals surface area contributed by atoms with Gasteiger partial charge in [-0.15, -0.1) is 0 Å². The maximum atomic E-state index is 14.0. The van der Waals surface area contributed by atoms with Crippen LogP contribution in [0.1, 0.15) is 37.4 Å². The second kappa shape index (κ2) is 11.7. The Kier molecular flexibility index (Phi) is 8.16. The summed E-state index contributed by atoms with van der Waals surface area (Å²) in [6.45, 7) is 2.32. The number of rotatable bonds is 8. The minimum absolute atomic E-state index is 0.192. The molecule has 0 aliphatic rings. The van der Waals surface area contributed by atoms with Crippen molar-refractivity contribution in [3.63, 3.8) is 0 Å². The molecule has 7 heteroatoms. The topological polar surface area (TPSA) is 52.7 Å². The van der Waals surface area contributed by atoms with Crippen molar-refractivity contribution in [2.24, 2.45) is 0 Å². The number of benzene rings is 4. The normalized spacial score (nSPS) is 10.7. The molecule has 2 amide bonds. The van der Waals surface area contributed by atoms with Crippen molar-refractivity contribution in [1.82, 2.24) is 4.90 Å². The third-order valence-corrected chi connectivity index (χ3v) is 6.08. The molecule has 0 radical (unpaired) electrons. The van der Waals surface area contributed by atoms with Gasteiger partial charge in [-0.1, -0.05) is 35.9 Å². The summed E-state index contributed by atoms with van der Waals surface area (Å²) < 4.78 is 27.6. The Morgan fingerprint density at radius 2 is 1.45 bits per heavy atom. The summed E-state index contributed by atoms with van der Waals surface area (Å²) in [5, 5.41) is 2.81. The molecule has 0 atom stereocenters. The first kappa shape index (κ1) is 26.5. The molecule has 0 spiro atoms. The van der Waals surface area contributed by atoms with Gasteiger partial charge in [0, 0.05) is 49.7 Å². The summed E-state index contributed by atoms with van der Waals surface area (Å²) in [6.07, 6.45) is 0. The number of carbonyl (C=O) groups is 2. The fourth-order valence-electron chi connectivity index (χ4n) is 4.28. The van der Waals surface area contributed by atoms with E-state index in [9.17, 15) is 18.4 Å². The number of hydrogen-bond acceptors (Lipinski definition) is 3. The van der Waals surface area contributed by atoms with E-state index in [1.807, 2.05) is 50.2 Å². The molecule has 1 N–H and O–H groups in total. The van der Waals surface area contributed by atoms with Crippen LogP contribution in [0.15, 0.2) is 91.0 Å². The molecule has 0 bridgehead atoms. The highest BCUT2D eigenvalue weighted by molar-refractivity contribution is 6.04. The quantitative estimate of drug-likeness (QED) is 0.295. The Labute approximate surface area is 221 Å². The number of nitrogens with one attached hydrogen (secondary N) is 1. The van der Waals surface area contributed by atoms with Crippen molar-refractivity contribution in [3.05, 3.63) is 130 Å². The number of halogens is 2. The second-order valence-corrected chi connectivity index (χ2v) is 9.36. The molecule has 4 aromatic carbocycles. The van der Waals surface area contributed by atoms with Crippen molar-refractivity contribution in [2.75, 3.05) is 24.3 Å². The second-order valence-electron chi connectivity index (χ2n) is 9.36. The molecule has 0 fully saturated rings. The van der Waals surface area contributed by atoms with Gasteiger partial charge >= 0.3 is 0 Å². The van der Waals surface area contributed by atoms with Gasteiger partial charge in [0.25, 0.3) is 11.8 Å². The molecule has 0 saturated heterocycles. The zero-order chi connectivity index (χ0) is 27.2. The third-order valence-electron chi connectivity index (χ3n) is 6.08. The average Bonchev–Trinajstić information content (AvgIpc) is 2.88. The molecular formula is C31H29F2N3O2. The van der Waals surface area contributed by atoms with E-state index in [2.05, 4.69) is 5.32 Å². The summed E-state index contributed by atoms with van der Waals surface area (Å²) in [5.74, 6) is -1.51. The largest absolute Gasteiger partial charge is 0.377 e. The molecule has 5 nitrogen and oxygen atoms in total. The van der Waals surface area contributed by atoms with E-state index in [4.69, 9.17) is 0 Å². The maximum Gasteiger partial charge on any atom is 0.255 e. The van der Waals surface area contributed by atoms with Crippen LogP contribution in [0.3, 0.4) is 0 Å². The van der Waals surface area contributed by atoms with Crippen molar-refractivity contribution >= 4 is 23.2 Å². The standard InChI is InChI=1S/C31H29F2N3O2/c1-21-7-4-10-24(15-21)31(38)36(19-22-8-5-11-26(32)16-22)20-25-18-28(13-14-29(25)35(2)3)34-30(37)23-9-6-12-27(33)17-23/h4-18H,19-20H2,1-3H3,(H,34,37). The van der Waals surface area contributed by atoms with E-state index in [1.54, 1.807) is 35.2 Å². The lowest BCUT2D eigenvalue weighted by Gasteiger charge is -2.27. The van der Waals surface area contributed by atoms with E-state index in [0.717, 1.165) is 16.8 Å². The van der Waals surface area contributed by atoms with Crippen molar-refractivity contribution in [3.8, 4) is 0 Å². The molecule has 0 aliphatic heterocycles. The monoisotopic (exact) mass is 513 g/mol. The number of hydrogen-bond donors (Lipinski definition) is 1. The summed E-state index contributed by atoms with van der Waals surface area (Å²) >= 11 is 0. The first-order chi connectivity index (χ1) is 18.2. The molecule has 4 rings (SSSR count). The zero-order valence-corrected chi connectivity index (χ0v) is 21.5. The average molecular weight is 514 g/mol. The molecule has 0 heterocycles. The minimum atomic E-state index is -0.496. The molecule has 4 aromatic rings. The SMILES string of the molecule is Cc1cccc(C(=O)N(Cc2cccc(F)c2)Cc2cc(NC(=O)c3cccc(F)c3)ccc2N(C)C)c1. The summed E-state index contributed by atoms with van der Waals surface area (Å²) in [7, 11) is 3.78. The van der Waals surface area contributed by atoms with Crippen LogP contribution in [0.25, 0.3) is 0 Å². The van der Waals surface area contributed by atoms with Crippen LogP contribution in [0, 0.1) is 18.6 Å². The van der Waals surface area contributed by atoms with E-state index in [-0.39, 0.29) is 30.4 Å². The van der Waals surface area contributed by atoms with Gasteiger partial charge in [-0.25, -0.2) is 8.78 Å². The van der Waals surface area contributed by atoms with Gasteiger partial charge in [0.1, 0.15) is 11.6 Å². The zero-order valence-electron chi connectivity index (χ0n) is 21.5. The lowest BCUT2D eigenvalue weighted by Crippen LogP contribution is -2.31. The van der Waals surface area contributed by atoms with Crippen LogP contribution in [-0.2, 0) is 13.1 Å². The molecule has 0 saturated carbocycles. The van der Waals surface area contributed by atoms with Gasteiger partial charge in [0.05, 0.1) is 0 Å². The smallest absolute Gasteiger partial charge is 0.255 e. The summed E-state index contributed by atoms with van der Waals surface area (Å²) in [4.78, 5) is 30.0. The van der Waals surface area contributed by atoms with Crippen molar-refractivity contribution in [2.45, 2.75) is 20.0 Å². The van der Waals surface area contributed by atoms with Gasteiger partial charge in [0.15, 0.2) is 0 Å². The minimum Gasteiger partial charge on any atom is -0.377 e. The number of nitrogens with zero attached hydrogens (tertiary/aromatic N) is 2. The number of aryl methyl sites for hydroxylation is 1. The highest BCUT2D eigenvalue weighted by Gasteiger charge is 2.20. The predicted octanol–water partition coefficient (Wildman–Crippen LogP) is 6.43. The Morgan fingerprint density at radius 3 is 2.13 bits per heavy atom. The lowest BCUT2D eigenvalue weighted by atomic mass is 10.1. The van der Waals surface area contributed by atoms with Gasteiger partial charge in [-0.05, 0) is 78.7 Å². The first-order valence-corrected chi connectivity index (χ1v) is 12.2. The number of amides is 2. The van der Waals surface area contributed by atoms with Gasteiger partial charge in [-0.3, -0.25) is 9.59 Å². The Hall–Kier alpha value is -4.52. The molecule has 0 aromatic heterocycles. The van der Waals surface area contributed by atoms with Crippen molar-refractivity contribution < 1.29 is 18.4 Å². The molecule has 0 unspecified atom stereocenters. The van der Waals surface area contributed by atoms with Crippen LogP contribution in [0.5, 0.6) is 0 Å². The van der Waals surface area contributed by atoms with Crippen molar-refractivity contribution in [1.29, 1.82) is 0 Å². The molecule has 194 valence electrons. The van der Waals surface area contributed by atoms with Crippen LogP contribution in [-0.4, -0.2) is 30.8 Å². The Morgan fingerprint density at radius 1 is 0.763 bits per heavy atom. The maximum absolute atomic E-state index is 14.0. The van der Waals surface area contributed by atoms with Crippen LogP contribution >= 0.6 is 0 Å². The van der Waals surface area contributed by atoms with E-state index in [1.165, 1.54) is 36.4 Å². The number of carbonyl (C=O) groups excluding carboxylic acids is 2. The van der Waals surface area contributed by atoms with Gasteiger partial charge in [0.2, 0.25) is 0 Å². The molecule has 0 aliphatic carbocycles. The molecule has 38 heavy (non-hydrogen) atoms. The number of anilines is 2. The Balaban J connectivity index is 1.68. The highest BCUT2D eigenvalue weighted by Crippen LogP contribution is 2.27. The van der Waals surface area contributed by atoms with Gasteiger partial charge in [-0.2, -0.15) is 0 Å². The fraction of sp³-hybridized carbons (Fsp3) is 0.161. The van der Waals surface area contributed by atoms with Crippen LogP contribution in [0.2, 0.25) is 0 Å². The van der Waals surface area contributed by atoms with E-state index < -0.39 is 11.7 Å². The van der Waals surface area contributed by atoms with Crippen LogP contribution < -0.4 is 10.2 Å². The summed E-state index contributed by atoms with van der Waals surface area (Å²) in [5.41, 5.74) is 4.49. The lowest BCUT2D eigenvalue weighted by molar-refractivity contribution is 0.0729. The Bertz CT molecular complexity index is 1470. The highest BCUT2D eigenvalue weighted by atomic mass is 19.1. The first-order valence-electron chi connectivity index (χ1n) is 12.2. The van der Waals surface area contributed by atoms with Crippen LogP contribution in [0.4, 0.5) is 20.2 Å². The van der Waals surface area contributed by atoms with Gasteiger partial charge < -0.3 is 15.1 Å².